The molecule has 0 radical (unpaired) electrons. The largest absolute Gasteiger partial charge is 0.369 e. The molecule has 0 bridgehead atoms. The van der Waals surface area contributed by atoms with E-state index >= 15 is 0 Å². The fourth-order valence-corrected chi connectivity index (χ4v) is 4.80. The molecule has 2 aliphatic rings. The van der Waals surface area contributed by atoms with Crippen LogP contribution in [-0.2, 0) is 28.4 Å². The molecule has 148 valence electrons. The number of carbonyl (C=O) groups is 1. The molecular weight excluding hydrogens is 350 g/mol. The van der Waals surface area contributed by atoms with Crippen molar-refractivity contribution >= 4 is 5.91 Å². The van der Waals surface area contributed by atoms with Gasteiger partial charge in [0.2, 0.25) is 5.91 Å². The lowest BCUT2D eigenvalue weighted by Crippen LogP contribution is -2.45. The van der Waals surface area contributed by atoms with Crippen molar-refractivity contribution in [2.45, 2.75) is 44.1 Å². The molecule has 1 aromatic heterocycles. The second-order valence-corrected chi connectivity index (χ2v) is 8.22. The van der Waals surface area contributed by atoms with E-state index in [0.29, 0.717) is 13.0 Å². The Morgan fingerprint density at radius 2 is 2.14 bits per heavy atom. The molecule has 5 heteroatoms. The van der Waals surface area contributed by atoms with Crippen molar-refractivity contribution in [2.75, 3.05) is 19.7 Å². The first-order valence-corrected chi connectivity index (χ1v) is 10.1. The summed E-state index contributed by atoms with van der Waals surface area (Å²) in [4.78, 5) is 14.7. The Kier molecular flexibility index (Phi) is 5.11. The summed E-state index contributed by atoms with van der Waals surface area (Å²) >= 11 is 0. The third-order valence-electron chi connectivity index (χ3n) is 6.29. The minimum absolute atomic E-state index is 0.120. The number of carbonyl (C=O) groups excluding carboxylic acids is 1. The van der Waals surface area contributed by atoms with Crippen LogP contribution in [0.2, 0.25) is 0 Å². The molecule has 1 saturated heterocycles. The van der Waals surface area contributed by atoms with Crippen LogP contribution < -0.4 is 0 Å². The number of fused-ring (bicyclic) bond motifs is 2. The zero-order chi connectivity index (χ0) is 19.7. The molecule has 28 heavy (non-hydrogen) atoms. The SMILES string of the molecule is C=CCOC1CC2(CCN(C(=O)Cc3ccn(C)n3)CC2)c2cc(C)ccc21. The van der Waals surface area contributed by atoms with Gasteiger partial charge >= 0.3 is 0 Å². The van der Waals surface area contributed by atoms with Gasteiger partial charge in [-0.1, -0.05) is 29.8 Å². The molecule has 0 N–H and O–H groups in total. The minimum Gasteiger partial charge on any atom is -0.369 e. The van der Waals surface area contributed by atoms with Gasteiger partial charge in [0.15, 0.2) is 0 Å². The van der Waals surface area contributed by atoms with Crippen molar-refractivity contribution in [3.05, 3.63) is 65.5 Å². The highest BCUT2D eigenvalue weighted by atomic mass is 16.5. The lowest BCUT2D eigenvalue weighted by molar-refractivity contribution is -0.132. The Labute approximate surface area is 167 Å². The predicted molar refractivity (Wildman–Crippen MR) is 109 cm³/mol. The summed E-state index contributed by atoms with van der Waals surface area (Å²) in [5, 5.41) is 4.34. The zero-order valence-corrected chi connectivity index (χ0v) is 16.9. The van der Waals surface area contributed by atoms with E-state index in [1.54, 1.807) is 4.68 Å². The number of hydrogen-bond acceptors (Lipinski definition) is 3. The van der Waals surface area contributed by atoms with E-state index in [4.69, 9.17) is 4.74 Å². The van der Waals surface area contributed by atoms with Gasteiger partial charge in [0.25, 0.3) is 0 Å². The van der Waals surface area contributed by atoms with E-state index in [0.717, 1.165) is 38.0 Å². The Balaban J connectivity index is 1.48. The Morgan fingerprint density at radius 3 is 2.82 bits per heavy atom. The lowest BCUT2D eigenvalue weighted by atomic mass is 9.73. The van der Waals surface area contributed by atoms with Crippen molar-refractivity contribution in [2.24, 2.45) is 7.05 Å². The molecule has 4 rings (SSSR count). The third kappa shape index (κ3) is 3.51. The summed E-state index contributed by atoms with van der Waals surface area (Å²) in [6.45, 7) is 8.11. The molecule has 1 amide bonds. The number of ether oxygens (including phenoxy) is 1. The first-order valence-electron chi connectivity index (χ1n) is 10.1. The maximum absolute atomic E-state index is 12.7. The lowest BCUT2D eigenvalue weighted by Gasteiger charge is -2.40. The van der Waals surface area contributed by atoms with E-state index in [1.165, 1.54) is 16.7 Å². The van der Waals surface area contributed by atoms with Crippen molar-refractivity contribution < 1.29 is 9.53 Å². The predicted octanol–water partition coefficient (Wildman–Crippen LogP) is 3.48. The van der Waals surface area contributed by atoms with Crippen LogP contribution in [0.5, 0.6) is 0 Å². The fraction of sp³-hybridized carbons (Fsp3) is 0.478. The van der Waals surface area contributed by atoms with Crippen molar-refractivity contribution in [1.82, 2.24) is 14.7 Å². The second kappa shape index (κ2) is 7.55. The van der Waals surface area contributed by atoms with E-state index in [-0.39, 0.29) is 17.4 Å². The molecule has 1 spiro atoms. The van der Waals surface area contributed by atoms with Crippen LogP contribution in [0.25, 0.3) is 0 Å². The highest BCUT2D eigenvalue weighted by Gasteiger charge is 2.46. The number of benzene rings is 1. The van der Waals surface area contributed by atoms with Gasteiger partial charge in [-0.25, -0.2) is 0 Å². The average molecular weight is 380 g/mol. The standard InChI is InChI=1S/C23H29N3O2/c1-4-13-28-21-16-23(20-14-17(2)5-6-19(20)21)8-11-26(12-9-23)22(27)15-18-7-10-25(3)24-18/h4-7,10,14,21H,1,8-9,11-13,15-16H2,2-3H3. The van der Waals surface area contributed by atoms with Gasteiger partial charge < -0.3 is 9.64 Å². The molecule has 1 unspecified atom stereocenters. The van der Waals surface area contributed by atoms with Crippen molar-refractivity contribution in [3.63, 3.8) is 0 Å². The number of hydrogen-bond donors (Lipinski definition) is 0. The van der Waals surface area contributed by atoms with Crippen LogP contribution in [0, 0.1) is 6.92 Å². The molecule has 1 aliphatic carbocycles. The molecule has 1 atom stereocenters. The van der Waals surface area contributed by atoms with E-state index in [1.807, 2.05) is 30.3 Å². The van der Waals surface area contributed by atoms with Gasteiger partial charge in [-0.2, -0.15) is 5.10 Å². The number of likely N-dealkylation sites (tertiary alicyclic amines) is 1. The average Bonchev–Trinajstić information content (AvgIpc) is 3.22. The van der Waals surface area contributed by atoms with Crippen LogP contribution in [0.3, 0.4) is 0 Å². The summed E-state index contributed by atoms with van der Waals surface area (Å²) in [6, 6.07) is 8.65. The molecule has 1 aromatic carbocycles. The molecule has 2 aromatic rings. The number of nitrogens with zero attached hydrogens (tertiary/aromatic N) is 3. The zero-order valence-electron chi connectivity index (χ0n) is 16.9. The molecule has 1 aliphatic heterocycles. The van der Waals surface area contributed by atoms with Crippen LogP contribution in [-0.4, -0.2) is 40.3 Å². The summed E-state index contributed by atoms with van der Waals surface area (Å²) in [5.41, 5.74) is 5.00. The molecule has 0 saturated carbocycles. The first kappa shape index (κ1) is 18.9. The van der Waals surface area contributed by atoms with Crippen LogP contribution in [0.1, 0.15) is 47.8 Å². The fourth-order valence-electron chi connectivity index (χ4n) is 4.80. The maximum atomic E-state index is 12.7. The van der Waals surface area contributed by atoms with Gasteiger partial charge in [0.1, 0.15) is 0 Å². The number of rotatable bonds is 5. The van der Waals surface area contributed by atoms with Gasteiger partial charge in [0.05, 0.1) is 24.8 Å². The van der Waals surface area contributed by atoms with E-state index in [2.05, 4.69) is 36.8 Å². The van der Waals surface area contributed by atoms with Gasteiger partial charge in [-0.15, -0.1) is 6.58 Å². The van der Waals surface area contributed by atoms with Gasteiger partial charge in [0, 0.05) is 31.7 Å². The summed E-state index contributed by atoms with van der Waals surface area (Å²) < 4.78 is 7.84. The van der Waals surface area contributed by atoms with Gasteiger partial charge in [-0.05, 0) is 43.4 Å². The topological polar surface area (TPSA) is 47.4 Å². The van der Waals surface area contributed by atoms with Crippen LogP contribution in [0.4, 0.5) is 0 Å². The van der Waals surface area contributed by atoms with Crippen LogP contribution >= 0.6 is 0 Å². The normalized spacial score (nSPS) is 20.4. The smallest absolute Gasteiger partial charge is 0.228 e. The Bertz CT molecular complexity index is 878. The number of amides is 1. The van der Waals surface area contributed by atoms with E-state index < -0.39 is 0 Å². The van der Waals surface area contributed by atoms with Crippen molar-refractivity contribution in [1.29, 1.82) is 0 Å². The number of aryl methyl sites for hydroxylation is 2. The minimum atomic E-state index is 0.120. The molecule has 2 heterocycles. The molecule has 1 fully saturated rings. The summed E-state index contributed by atoms with van der Waals surface area (Å²) in [7, 11) is 1.88. The maximum Gasteiger partial charge on any atom is 0.228 e. The monoisotopic (exact) mass is 379 g/mol. The highest BCUT2D eigenvalue weighted by Crippen LogP contribution is 2.52. The second-order valence-electron chi connectivity index (χ2n) is 8.22. The van der Waals surface area contributed by atoms with Gasteiger partial charge in [-0.3, -0.25) is 9.48 Å². The summed E-state index contributed by atoms with van der Waals surface area (Å²) in [6.07, 6.45) is 7.20. The van der Waals surface area contributed by atoms with Crippen molar-refractivity contribution in [3.8, 4) is 0 Å². The first-order chi connectivity index (χ1) is 13.5. The number of aromatic nitrogens is 2. The van der Waals surface area contributed by atoms with E-state index in [9.17, 15) is 4.79 Å². The Hall–Kier alpha value is -2.40. The number of piperidine rings is 1. The Morgan fingerprint density at radius 1 is 1.36 bits per heavy atom. The third-order valence-corrected chi connectivity index (χ3v) is 6.29. The molecular formula is C23H29N3O2. The molecule has 5 nitrogen and oxygen atoms in total. The highest BCUT2D eigenvalue weighted by molar-refractivity contribution is 5.78. The van der Waals surface area contributed by atoms with Crippen LogP contribution in [0.15, 0.2) is 43.1 Å². The quantitative estimate of drug-likeness (QED) is 0.748. The summed E-state index contributed by atoms with van der Waals surface area (Å²) in [5.74, 6) is 0.176.